The number of aromatic nitrogens is 3. The SMILES string of the molecule is Nc1ncn(-c2c(Cl)cc(N3CCC3)cc2Cl)c(=O)c1C(=O)Nc1cncc([C@@H]2CCCCN2)c1. The molecule has 0 radical (unpaired) electrons. The number of nitrogen functional groups attached to an aromatic ring is 1. The quantitative estimate of drug-likeness (QED) is 0.474. The second-order valence-electron chi connectivity index (χ2n) is 8.74. The molecule has 0 aliphatic carbocycles. The van der Waals surface area contributed by atoms with Crippen LogP contribution in [0.15, 0.2) is 41.7 Å². The lowest BCUT2D eigenvalue weighted by Crippen LogP contribution is -2.37. The molecule has 11 heteroatoms. The minimum Gasteiger partial charge on any atom is -0.383 e. The van der Waals surface area contributed by atoms with Crippen LogP contribution >= 0.6 is 23.2 Å². The summed E-state index contributed by atoms with van der Waals surface area (Å²) in [6.07, 6.45) is 8.90. The largest absolute Gasteiger partial charge is 0.383 e. The predicted octanol–water partition coefficient (Wildman–Crippen LogP) is 3.79. The van der Waals surface area contributed by atoms with E-state index in [1.165, 1.54) is 12.5 Å². The fraction of sp³-hybridized carbons (Fsp3) is 0.333. The van der Waals surface area contributed by atoms with Crippen LogP contribution in [0.5, 0.6) is 0 Å². The number of carbonyl (C=O) groups is 1. The molecule has 2 saturated heterocycles. The number of halogens is 2. The second kappa shape index (κ2) is 9.85. The zero-order valence-electron chi connectivity index (χ0n) is 18.9. The number of anilines is 3. The summed E-state index contributed by atoms with van der Waals surface area (Å²) in [5.41, 5.74) is 7.54. The van der Waals surface area contributed by atoms with Crippen molar-refractivity contribution in [1.82, 2.24) is 19.9 Å². The molecule has 182 valence electrons. The molecule has 4 heterocycles. The number of benzene rings is 1. The van der Waals surface area contributed by atoms with E-state index in [1.807, 2.05) is 6.07 Å². The number of hydrogen-bond acceptors (Lipinski definition) is 7. The van der Waals surface area contributed by atoms with Crippen molar-refractivity contribution in [2.24, 2.45) is 0 Å². The summed E-state index contributed by atoms with van der Waals surface area (Å²) in [6, 6.07) is 5.53. The van der Waals surface area contributed by atoms with Gasteiger partial charge in [-0.3, -0.25) is 19.1 Å². The van der Waals surface area contributed by atoms with E-state index in [4.69, 9.17) is 28.9 Å². The van der Waals surface area contributed by atoms with Gasteiger partial charge in [0, 0.05) is 31.0 Å². The molecule has 1 aromatic carbocycles. The normalized spacial score (nSPS) is 17.7. The van der Waals surface area contributed by atoms with Gasteiger partial charge < -0.3 is 21.3 Å². The fourth-order valence-corrected chi connectivity index (χ4v) is 5.08. The van der Waals surface area contributed by atoms with E-state index in [0.717, 1.165) is 61.1 Å². The van der Waals surface area contributed by atoms with Gasteiger partial charge in [0.2, 0.25) is 0 Å². The van der Waals surface area contributed by atoms with E-state index < -0.39 is 11.5 Å². The third kappa shape index (κ3) is 4.71. The van der Waals surface area contributed by atoms with E-state index in [1.54, 1.807) is 18.3 Å². The van der Waals surface area contributed by atoms with Gasteiger partial charge in [0.05, 0.1) is 27.6 Å². The van der Waals surface area contributed by atoms with Crippen molar-refractivity contribution in [3.8, 4) is 5.69 Å². The van der Waals surface area contributed by atoms with Gasteiger partial charge in [-0.15, -0.1) is 0 Å². The number of amides is 1. The molecule has 3 aromatic rings. The molecule has 0 spiro atoms. The van der Waals surface area contributed by atoms with Gasteiger partial charge in [0.25, 0.3) is 11.5 Å². The van der Waals surface area contributed by atoms with Crippen LogP contribution in [0.1, 0.15) is 47.6 Å². The number of piperidine rings is 1. The molecule has 2 aliphatic heterocycles. The molecule has 2 fully saturated rings. The lowest BCUT2D eigenvalue weighted by molar-refractivity contribution is 0.102. The summed E-state index contributed by atoms with van der Waals surface area (Å²) in [4.78, 5) is 36.9. The molecule has 0 saturated carbocycles. The number of nitrogens with two attached hydrogens (primary N) is 1. The average molecular weight is 514 g/mol. The average Bonchev–Trinajstić information content (AvgIpc) is 2.80. The van der Waals surface area contributed by atoms with Crippen molar-refractivity contribution < 1.29 is 4.79 Å². The Morgan fingerprint density at radius 2 is 1.89 bits per heavy atom. The minimum absolute atomic E-state index is 0.178. The van der Waals surface area contributed by atoms with E-state index in [0.29, 0.717) is 5.69 Å². The third-order valence-corrected chi connectivity index (χ3v) is 7.00. The highest BCUT2D eigenvalue weighted by Gasteiger charge is 2.23. The van der Waals surface area contributed by atoms with Crippen LogP contribution in [-0.4, -0.2) is 40.1 Å². The highest BCUT2D eigenvalue weighted by atomic mass is 35.5. The Bertz CT molecular complexity index is 1310. The predicted molar refractivity (Wildman–Crippen MR) is 138 cm³/mol. The zero-order chi connectivity index (χ0) is 24.5. The number of nitrogens with zero attached hydrogens (tertiary/aromatic N) is 4. The number of carbonyl (C=O) groups excluding carboxylic acids is 1. The molecule has 2 aliphatic rings. The molecule has 1 amide bonds. The molecular weight excluding hydrogens is 489 g/mol. The van der Waals surface area contributed by atoms with Crippen LogP contribution in [0.2, 0.25) is 10.0 Å². The topological polar surface area (TPSA) is 118 Å². The Balaban J connectivity index is 1.45. The van der Waals surface area contributed by atoms with Crippen molar-refractivity contribution in [2.45, 2.75) is 31.7 Å². The van der Waals surface area contributed by atoms with Gasteiger partial charge in [-0.05, 0) is 49.6 Å². The van der Waals surface area contributed by atoms with Gasteiger partial charge >= 0.3 is 0 Å². The highest BCUT2D eigenvalue weighted by molar-refractivity contribution is 6.38. The smallest absolute Gasteiger partial charge is 0.273 e. The molecule has 35 heavy (non-hydrogen) atoms. The Labute approximate surface area is 212 Å². The number of rotatable bonds is 5. The highest BCUT2D eigenvalue weighted by Crippen LogP contribution is 2.34. The van der Waals surface area contributed by atoms with Gasteiger partial charge in [-0.2, -0.15) is 0 Å². The van der Waals surface area contributed by atoms with E-state index >= 15 is 0 Å². The summed E-state index contributed by atoms with van der Waals surface area (Å²) >= 11 is 13.0. The molecule has 0 unspecified atom stereocenters. The minimum atomic E-state index is -0.686. The summed E-state index contributed by atoms with van der Waals surface area (Å²) < 4.78 is 1.15. The first-order chi connectivity index (χ1) is 16.9. The van der Waals surface area contributed by atoms with Crippen LogP contribution in [-0.2, 0) is 0 Å². The Hall–Kier alpha value is -3.14. The van der Waals surface area contributed by atoms with Gasteiger partial charge in [-0.1, -0.05) is 29.6 Å². The number of pyridine rings is 1. The maximum Gasteiger partial charge on any atom is 0.273 e. The second-order valence-corrected chi connectivity index (χ2v) is 9.56. The van der Waals surface area contributed by atoms with Crippen LogP contribution in [0, 0.1) is 0 Å². The number of hydrogen-bond donors (Lipinski definition) is 3. The molecular formula is C24H25Cl2N7O2. The molecule has 1 atom stereocenters. The summed E-state index contributed by atoms with van der Waals surface area (Å²) in [5, 5.41) is 6.74. The standard InChI is InChI=1S/C24H25Cl2N7O2/c25-17-9-16(32-6-3-7-32)10-18(26)21(17)33-13-30-22(27)20(24(33)35)23(34)31-15-8-14(11-28-12-15)19-4-1-2-5-29-19/h8-13,19,29H,1-7,27H2,(H,31,34)/t19-/m0/s1. The lowest BCUT2D eigenvalue weighted by Gasteiger charge is -2.33. The first-order valence-corrected chi connectivity index (χ1v) is 12.3. The molecule has 4 N–H and O–H groups in total. The summed E-state index contributed by atoms with van der Waals surface area (Å²) in [7, 11) is 0. The van der Waals surface area contributed by atoms with E-state index in [-0.39, 0.29) is 33.2 Å². The third-order valence-electron chi connectivity index (χ3n) is 6.42. The van der Waals surface area contributed by atoms with Gasteiger partial charge in [0.1, 0.15) is 17.7 Å². The first-order valence-electron chi connectivity index (χ1n) is 11.5. The summed E-state index contributed by atoms with van der Waals surface area (Å²) in [5.74, 6) is -0.874. The van der Waals surface area contributed by atoms with E-state index in [2.05, 4.69) is 25.5 Å². The lowest BCUT2D eigenvalue weighted by atomic mass is 9.99. The molecule has 0 bridgehead atoms. The van der Waals surface area contributed by atoms with Crippen molar-refractivity contribution in [3.05, 3.63) is 68.4 Å². The molecule has 5 rings (SSSR count). The maximum atomic E-state index is 13.4. The van der Waals surface area contributed by atoms with Gasteiger partial charge in [0.15, 0.2) is 0 Å². The van der Waals surface area contributed by atoms with E-state index in [9.17, 15) is 9.59 Å². The Morgan fingerprint density at radius 3 is 2.54 bits per heavy atom. The maximum absolute atomic E-state index is 13.4. The molecule has 9 nitrogen and oxygen atoms in total. The monoisotopic (exact) mass is 513 g/mol. The fourth-order valence-electron chi connectivity index (χ4n) is 4.43. The van der Waals surface area contributed by atoms with Crippen molar-refractivity contribution in [2.75, 3.05) is 35.6 Å². The number of nitrogens with one attached hydrogen (secondary N) is 2. The van der Waals surface area contributed by atoms with Crippen molar-refractivity contribution >= 4 is 46.3 Å². The van der Waals surface area contributed by atoms with Crippen molar-refractivity contribution in [3.63, 3.8) is 0 Å². The molecule has 2 aromatic heterocycles. The Kier molecular flexibility index (Phi) is 6.64. The first kappa shape index (κ1) is 23.6. The van der Waals surface area contributed by atoms with Crippen LogP contribution < -0.4 is 26.8 Å². The van der Waals surface area contributed by atoms with Crippen LogP contribution in [0.3, 0.4) is 0 Å². The van der Waals surface area contributed by atoms with Crippen LogP contribution in [0.25, 0.3) is 5.69 Å². The summed E-state index contributed by atoms with van der Waals surface area (Å²) in [6.45, 7) is 2.79. The van der Waals surface area contributed by atoms with Gasteiger partial charge in [-0.25, -0.2) is 4.98 Å². The van der Waals surface area contributed by atoms with Crippen molar-refractivity contribution in [1.29, 1.82) is 0 Å². The zero-order valence-corrected chi connectivity index (χ0v) is 20.4. The Morgan fingerprint density at radius 1 is 1.11 bits per heavy atom. The van der Waals surface area contributed by atoms with Crippen LogP contribution in [0.4, 0.5) is 17.2 Å².